The summed E-state index contributed by atoms with van der Waals surface area (Å²) >= 11 is 1.57. The molecular formula is C21H26O3S. The molecule has 0 aromatic heterocycles. The molecule has 0 amide bonds. The summed E-state index contributed by atoms with van der Waals surface area (Å²) in [5.74, 6) is -1.04. The van der Waals surface area contributed by atoms with Crippen LogP contribution in [0.25, 0.3) is 0 Å². The predicted molar refractivity (Wildman–Crippen MR) is 102 cm³/mol. The van der Waals surface area contributed by atoms with Gasteiger partial charge in [0, 0.05) is 10.1 Å². The van der Waals surface area contributed by atoms with Crippen molar-refractivity contribution in [1.29, 1.82) is 0 Å². The summed E-state index contributed by atoms with van der Waals surface area (Å²) in [6.45, 7) is 7.47. The van der Waals surface area contributed by atoms with Crippen LogP contribution >= 0.6 is 11.8 Å². The Morgan fingerprint density at radius 3 is 2.04 bits per heavy atom. The Morgan fingerprint density at radius 2 is 1.52 bits per heavy atom. The van der Waals surface area contributed by atoms with Crippen LogP contribution in [0.15, 0.2) is 65.6 Å². The summed E-state index contributed by atoms with van der Waals surface area (Å²) in [6, 6.07) is 19.2. The van der Waals surface area contributed by atoms with Gasteiger partial charge in [0.15, 0.2) is 0 Å². The molecule has 3 atom stereocenters. The Bertz CT molecular complexity index is 665. The minimum atomic E-state index is -0.915. The van der Waals surface area contributed by atoms with E-state index in [0.29, 0.717) is 0 Å². The molecule has 1 N–H and O–H groups in total. The summed E-state index contributed by atoms with van der Waals surface area (Å²) in [4.78, 5) is 13.9. The number of ether oxygens (including phenoxy) is 1. The zero-order chi connectivity index (χ0) is 18.4. The second-order valence-electron chi connectivity index (χ2n) is 7.05. The van der Waals surface area contributed by atoms with Gasteiger partial charge in [0.2, 0.25) is 0 Å². The number of carbonyl (C=O) groups is 1. The fourth-order valence-electron chi connectivity index (χ4n) is 2.59. The third-order valence-electron chi connectivity index (χ3n) is 3.73. The monoisotopic (exact) mass is 358 g/mol. The number of carbonyl (C=O) groups excluding carboxylic acids is 1. The summed E-state index contributed by atoms with van der Waals surface area (Å²) in [7, 11) is 0. The lowest BCUT2D eigenvalue weighted by atomic mass is 9.93. The average Bonchev–Trinajstić information content (AvgIpc) is 2.55. The summed E-state index contributed by atoms with van der Waals surface area (Å²) in [5.41, 5.74) is 0.127. The normalized spacial score (nSPS) is 15.2. The van der Waals surface area contributed by atoms with Gasteiger partial charge in [-0.25, -0.2) is 0 Å². The number of hydrogen-bond donors (Lipinski definition) is 1. The van der Waals surface area contributed by atoms with Crippen molar-refractivity contribution in [3.05, 3.63) is 66.2 Å². The van der Waals surface area contributed by atoms with Gasteiger partial charge in [0.25, 0.3) is 0 Å². The predicted octanol–water partition coefficient (Wildman–Crippen LogP) is 4.86. The maximum absolute atomic E-state index is 12.8. The number of thioether (sulfide) groups is 1. The first-order chi connectivity index (χ1) is 11.8. The molecule has 0 aliphatic heterocycles. The van der Waals surface area contributed by atoms with Crippen LogP contribution in [0.4, 0.5) is 0 Å². The van der Waals surface area contributed by atoms with E-state index in [1.54, 1.807) is 11.8 Å². The standard InChI is InChI=1S/C21H26O3S/c1-15(25-17-13-9-6-10-14-17)18(20(23)24-21(2,3)4)19(22)16-11-7-5-8-12-16/h5-15,18-19,22H,1-4H3/t15-,18-,19+/m0/s1. The van der Waals surface area contributed by atoms with Gasteiger partial charge < -0.3 is 9.84 Å². The number of esters is 1. The Kier molecular flexibility index (Phi) is 6.68. The van der Waals surface area contributed by atoms with Gasteiger partial charge in [-0.15, -0.1) is 11.8 Å². The van der Waals surface area contributed by atoms with Crippen molar-refractivity contribution < 1.29 is 14.6 Å². The zero-order valence-corrected chi connectivity index (χ0v) is 16.0. The number of hydrogen-bond acceptors (Lipinski definition) is 4. The van der Waals surface area contributed by atoms with Crippen molar-refractivity contribution in [1.82, 2.24) is 0 Å². The van der Waals surface area contributed by atoms with Crippen LogP contribution in [0.3, 0.4) is 0 Å². The van der Waals surface area contributed by atoms with Crippen LogP contribution in [0.1, 0.15) is 39.4 Å². The molecule has 0 aliphatic rings. The minimum Gasteiger partial charge on any atom is -0.460 e. The number of rotatable bonds is 6. The third-order valence-corrected chi connectivity index (χ3v) is 4.94. The van der Waals surface area contributed by atoms with Gasteiger partial charge in [0.1, 0.15) is 5.60 Å². The van der Waals surface area contributed by atoms with E-state index in [1.165, 1.54) is 0 Å². The number of aliphatic hydroxyl groups is 1. The van der Waals surface area contributed by atoms with Crippen molar-refractivity contribution in [2.75, 3.05) is 0 Å². The van der Waals surface area contributed by atoms with Gasteiger partial charge in [-0.3, -0.25) is 4.79 Å². The highest BCUT2D eigenvalue weighted by Crippen LogP contribution is 2.36. The molecular weight excluding hydrogens is 332 g/mol. The van der Waals surface area contributed by atoms with E-state index in [2.05, 4.69) is 0 Å². The fourth-order valence-corrected chi connectivity index (χ4v) is 3.74. The summed E-state index contributed by atoms with van der Waals surface area (Å²) in [6.07, 6.45) is -0.915. The first kappa shape index (κ1) is 19.5. The van der Waals surface area contributed by atoms with Gasteiger partial charge >= 0.3 is 5.97 Å². The molecule has 2 aromatic carbocycles. The highest BCUT2D eigenvalue weighted by Gasteiger charge is 2.36. The number of benzene rings is 2. The van der Waals surface area contributed by atoms with Gasteiger partial charge in [-0.05, 0) is 38.5 Å². The topological polar surface area (TPSA) is 46.5 Å². The van der Waals surface area contributed by atoms with E-state index in [-0.39, 0.29) is 11.2 Å². The molecule has 0 unspecified atom stereocenters. The Balaban J connectivity index is 2.26. The van der Waals surface area contributed by atoms with E-state index in [9.17, 15) is 9.90 Å². The Hall–Kier alpha value is -1.78. The van der Waals surface area contributed by atoms with E-state index in [1.807, 2.05) is 88.4 Å². The van der Waals surface area contributed by atoms with Crippen LogP contribution in [0.5, 0.6) is 0 Å². The van der Waals surface area contributed by atoms with Crippen LogP contribution in [-0.2, 0) is 9.53 Å². The van der Waals surface area contributed by atoms with E-state index < -0.39 is 17.6 Å². The van der Waals surface area contributed by atoms with Crippen molar-refractivity contribution in [2.45, 2.75) is 49.5 Å². The Morgan fingerprint density at radius 1 is 1.00 bits per heavy atom. The molecule has 0 fully saturated rings. The molecule has 0 radical (unpaired) electrons. The molecule has 2 aromatic rings. The van der Waals surface area contributed by atoms with Crippen molar-refractivity contribution in [3.63, 3.8) is 0 Å². The molecule has 0 bridgehead atoms. The lowest BCUT2D eigenvalue weighted by molar-refractivity contribution is -0.164. The molecule has 2 rings (SSSR count). The average molecular weight is 359 g/mol. The fraction of sp³-hybridized carbons (Fsp3) is 0.381. The van der Waals surface area contributed by atoms with Crippen molar-refractivity contribution in [3.8, 4) is 0 Å². The molecule has 0 saturated carbocycles. The molecule has 0 spiro atoms. The van der Waals surface area contributed by atoms with Crippen molar-refractivity contribution in [2.24, 2.45) is 5.92 Å². The van der Waals surface area contributed by atoms with Crippen LogP contribution in [0, 0.1) is 5.92 Å². The van der Waals surface area contributed by atoms with E-state index >= 15 is 0 Å². The molecule has 3 nitrogen and oxygen atoms in total. The highest BCUT2D eigenvalue weighted by molar-refractivity contribution is 8.00. The molecule has 0 saturated heterocycles. The van der Waals surface area contributed by atoms with Crippen LogP contribution in [0.2, 0.25) is 0 Å². The van der Waals surface area contributed by atoms with Gasteiger partial charge in [-0.1, -0.05) is 55.5 Å². The third kappa shape index (κ3) is 5.91. The highest BCUT2D eigenvalue weighted by atomic mass is 32.2. The van der Waals surface area contributed by atoms with Gasteiger partial charge in [0.05, 0.1) is 12.0 Å². The summed E-state index contributed by atoms with van der Waals surface area (Å²) < 4.78 is 5.59. The lowest BCUT2D eigenvalue weighted by Gasteiger charge is -2.30. The molecule has 0 aliphatic carbocycles. The minimum absolute atomic E-state index is 0.146. The van der Waals surface area contributed by atoms with E-state index in [0.717, 1.165) is 10.5 Å². The lowest BCUT2D eigenvalue weighted by Crippen LogP contribution is -2.36. The zero-order valence-electron chi connectivity index (χ0n) is 15.2. The second kappa shape index (κ2) is 8.54. The SMILES string of the molecule is C[C@H](Sc1ccccc1)[C@H](C(=O)OC(C)(C)C)[C@H](O)c1ccccc1. The molecule has 134 valence electrons. The summed E-state index contributed by atoms with van der Waals surface area (Å²) in [5, 5.41) is 10.7. The smallest absolute Gasteiger partial charge is 0.313 e. The second-order valence-corrected chi connectivity index (χ2v) is 8.50. The quantitative estimate of drug-likeness (QED) is 0.592. The Labute approximate surface area is 154 Å². The largest absolute Gasteiger partial charge is 0.460 e. The van der Waals surface area contributed by atoms with Crippen LogP contribution < -0.4 is 0 Å². The van der Waals surface area contributed by atoms with E-state index in [4.69, 9.17) is 4.74 Å². The molecule has 0 heterocycles. The first-order valence-electron chi connectivity index (χ1n) is 8.45. The van der Waals surface area contributed by atoms with Gasteiger partial charge in [-0.2, -0.15) is 0 Å². The molecule has 25 heavy (non-hydrogen) atoms. The van der Waals surface area contributed by atoms with Crippen molar-refractivity contribution >= 4 is 17.7 Å². The number of aliphatic hydroxyl groups excluding tert-OH is 1. The maximum atomic E-state index is 12.8. The molecule has 4 heteroatoms. The van der Waals surface area contributed by atoms with Crippen LogP contribution in [-0.4, -0.2) is 21.9 Å². The first-order valence-corrected chi connectivity index (χ1v) is 9.33. The maximum Gasteiger partial charge on any atom is 0.313 e.